The van der Waals surface area contributed by atoms with Crippen LogP contribution in [0.15, 0.2) is 47.3 Å². The van der Waals surface area contributed by atoms with Gasteiger partial charge in [-0.25, -0.2) is 9.59 Å². The van der Waals surface area contributed by atoms with Gasteiger partial charge in [-0.05, 0) is 11.6 Å². The van der Waals surface area contributed by atoms with Gasteiger partial charge in [-0.3, -0.25) is 0 Å². The van der Waals surface area contributed by atoms with E-state index in [1.807, 2.05) is 6.07 Å². The number of para-hydroxylation sites is 1. The molecule has 1 unspecified atom stereocenters. The SMILES string of the molecule is COC(=O)/C(Cl)=C(\C(=O)OC)N1C=CC(C(Cl)(Cl)C#N)c2ccccc21. The summed E-state index contributed by atoms with van der Waals surface area (Å²) in [5.74, 6) is -2.41. The van der Waals surface area contributed by atoms with Crippen molar-refractivity contribution in [2.45, 2.75) is 10.3 Å². The molecule has 1 aliphatic rings. The van der Waals surface area contributed by atoms with Crippen LogP contribution in [0.25, 0.3) is 0 Å². The maximum absolute atomic E-state index is 12.3. The minimum atomic E-state index is -1.72. The fourth-order valence-corrected chi connectivity index (χ4v) is 3.11. The lowest BCUT2D eigenvalue weighted by Gasteiger charge is -2.33. The summed E-state index contributed by atoms with van der Waals surface area (Å²) in [7, 11) is 2.29. The zero-order valence-electron chi connectivity index (χ0n) is 13.7. The van der Waals surface area contributed by atoms with Crippen molar-refractivity contribution in [1.29, 1.82) is 5.26 Å². The van der Waals surface area contributed by atoms with Crippen LogP contribution in [0, 0.1) is 11.3 Å². The van der Waals surface area contributed by atoms with E-state index in [-0.39, 0.29) is 5.70 Å². The third-order valence-corrected chi connectivity index (χ3v) is 4.66. The predicted molar refractivity (Wildman–Crippen MR) is 97.8 cm³/mol. The lowest BCUT2D eigenvalue weighted by Crippen LogP contribution is -2.32. The summed E-state index contributed by atoms with van der Waals surface area (Å²) in [5.41, 5.74) is 0.788. The zero-order chi connectivity index (χ0) is 19.5. The van der Waals surface area contributed by atoms with Crippen LogP contribution in [0.1, 0.15) is 11.5 Å². The van der Waals surface area contributed by atoms with Gasteiger partial charge in [0.2, 0.25) is 4.33 Å². The molecule has 1 aromatic rings. The molecular formula is C17H13Cl3N2O4. The van der Waals surface area contributed by atoms with Gasteiger partial charge in [-0.1, -0.05) is 59.1 Å². The molecule has 0 aliphatic carbocycles. The molecule has 0 amide bonds. The van der Waals surface area contributed by atoms with E-state index in [9.17, 15) is 14.9 Å². The molecule has 0 saturated heterocycles. The summed E-state index contributed by atoms with van der Waals surface area (Å²) >= 11 is 18.3. The van der Waals surface area contributed by atoms with Gasteiger partial charge < -0.3 is 14.4 Å². The fourth-order valence-electron chi connectivity index (χ4n) is 2.48. The van der Waals surface area contributed by atoms with Gasteiger partial charge >= 0.3 is 11.9 Å². The number of benzene rings is 1. The van der Waals surface area contributed by atoms with Gasteiger partial charge in [0, 0.05) is 11.9 Å². The minimum absolute atomic E-state index is 0.241. The standard InChI is InChI=1S/C17H13Cl3N2O4/c1-25-15(23)13(18)14(16(24)26-2)22-8-7-11(17(19,20)9-21)10-5-3-4-6-12(10)22/h3-8,11H,1-2H3/b14-13-. The summed E-state index contributed by atoms with van der Waals surface area (Å²) in [6.45, 7) is 0. The third kappa shape index (κ3) is 3.65. The molecule has 0 saturated carbocycles. The number of esters is 2. The molecule has 6 nitrogen and oxygen atoms in total. The van der Waals surface area contributed by atoms with Crippen molar-refractivity contribution >= 4 is 52.4 Å². The Morgan fingerprint density at radius 2 is 1.81 bits per heavy atom. The number of rotatable bonds is 4. The normalized spacial score (nSPS) is 16.9. The number of hydrogen-bond acceptors (Lipinski definition) is 6. The van der Waals surface area contributed by atoms with E-state index < -0.39 is 27.2 Å². The average molecular weight is 416 g/mol. The molecule has 0 N–H and O–H groups in total. The number of halogens is 3. The maximum Gasteiger partial charge on any atom is 0.356 e. The highest BCUT2D eigenvalue weighted by molar-refractivity contribution is 6.51. The van der Waals surface area contributed by atoms with E-state index in [2.05, 4.69) is 4.74 Å². The maximum atomic E-state index is 12.3. The van der Waals surface area contributed by atoms with E-state index in [0.717, 1.165) is 14.2 Å². The topological polar surface area (TPSA) is 79.6 Å². The molecule has 2 rings (SSSR count). The molecule has 0 fully saturated rings. The Labute approximate surface area is 165 Å². The van der Waals surface area contributed by atoms with Gasteiger partial charge in [0.05, 0.1) is 20.1 Å². The van der Waals surface area contributed by atoms with Gasteiger partial charge in [0.15, 0.2) is 10.7 Å². The number of hydrogen-bond donors (Lipinski definition) is 0. The van der Waals surface area contributed by atoms with Crippen molar-refractivity contribution in [2.24, 2.45) is 0 Å². The first-order valence-electron chi connectivity index (χ1n) is 7.20. The van der Waals surface area contributed by atoms with Crippen molar-refractivity contribution in [2.75, 3.05) is 19.1 Å². The van der Waals surface area contributed by atoms with Gasteiger partial charge in [0.25, 0.3) is 0 Å². The van der Waals surface area contributed by atoms with E-state index in [1.54, 1.807) is 24.3 Å². The van der Waals surface area contributed by atoms with Crippen LogP contribution in [0.3, 0.4) is 0 Å². The molecule has 1 atom stereocenters. The predicted octanol–water partition coefficient (Wildman–Crippen LogP) is 3.60. The van der Waals surface area contributed by atoms with Crippen LogP contribution in [0.5, 0.6) is 0 Å². The Kier molecular flexibility index (Phi) is 6.19. The first-order valence-corrected chi connectivity index (χ1v) is 8.33. The molecule has 1 aromatic carbocycles. The number of fused-ring (bicyclic) bond motifs is 1. The van der Waals surface area contributed by atoms with Crippen molar-refractivity contribution in [3.63, 3.8) is 0 Å². The lowest BCUT2D eigenvalue weighted by atomic mass is 9.90. The Hall–Kier alpha value is -2.20. The number of nitrogens with zero attached hydrogens (tertiary/aromatic N) is 2. The average Bonchev–Trinajstić information content (AvgIpc) is 2.66. The number of alkyl halides is 2. The Morgan fingerprint density at radius 3 is 2.38 bits per heavy atom. The van der Waals surface area contributed by atoms with E-state index >= 15 is 0 Å². The Balaban J connectivity index is 2.68. The monoisotopic (exact) mass is 414 g/mol. The van der Waals surface area contributed by atoms with Crippen LogP contribution in [-0.2, 0) is 19.1 Å². The first kappa shape index (κ1) is 20.1. The second-order valence-electron chi connectivity index (χ2n) is 5.13. The van der Waals surface area contributed by atoms with Crippen molar-refractivity contribution in [1.82, 2.24) is 0 Å². The van der Waals surface area contributed by atoms with Crippen LogP contribution >= 0.6 is 34.8 Å². The summed E-state index contributed by atoms with van der Waals surface area (Å²) in [6, 6.07) is 8.64. The molecule has 0 spiro atoms. The molecule has 0 aromatic heterocycles. The van der Waals surface area contributed by atoms with Crippen LogP contribution in [0.2, 0.25) is 0 Å². The molecule has 136 valence electrons. The molecule has 0 bridgehead atoms. The molecule has 9 heteroatoms. The van der Waals surface area contributed by atoms with Crippen molar-refractivity contribution in [3.8, 4) is 6.07 Å². The van der Waals surface area contributed by atoms with Crippen LogP contribution < -0.4 is 4.90 Å². The third-order valence-electron chi connectivity index (χ3n) is 3.69. The molecule has 1 heterocycles. The fraction of sp³-hybridized carbons (Fsp3) is 0.235. The van der Waals surface area contributed by atoms with Crippen molar-refractivity contribution in [3.05, 3.63) is 52.8 Å². The summed E-state index contributed by atoms with van der Waals surface area (Å²) in [5, 5.41) is 8.78. The van der Waals surface area contributed by atoms with Crippen molar-refractivity contribution < 1.29 is 19.1 Å². The quantitative estimate of drug-likeness (QED) is 0.425. The molecular weight excluding hydrogens is 403 g/mol. The van der Waals surface area contributed by atoms with E-state index in [0.29, 0.717) is 11.3 Å². The smallest absolute Gasteiger partial charge is 0.356 e. The largest absolute Gasteiger partial charge is 0.465 e. The first-order chi connectivity index (χ1) is 12.3. The van der Waals surface area contributed by atoms with Gasteiger partial charge in [-0.2, -0.15) is 5.26 Å². The minimum Gasteiger partial charge on any atom is -0.465 e. The summed E-state index contributed by atoms with van der Waals surface area (Å²) < 4.78 is 7.61. The van der Waals surface area contributed by atoms with Gasteiger partial charge in [-0.15, -0.1) is 0 Å². The molecule has 26 heavy (non-hydrogen) atoms. The number of ether oxygens (including phenoxy) is 2. The highest BCUT2D eigenvalue weighted by Crippen LogP contribution is 2.45. The highest BCUT2D eigenvalue weighted by Gasteiger charge is 2.40. The second kappa shape index (κ2) is 8.00. The number of methoxy groups -OCH3 is 2. The zero-order valence-corrected chi connectivity index (χ0v) is 16.0. The van der Waals surface area contributed by atoms with Gasteiger partial charge in [0.1, 0.15) is 6.07 Å². The highest BCUT2D eigenvalue weighted by atomic mass is 35.5. The Bertz CT molecular complexity index is 843. The number of carbonyl (C=O) groups excluding carboxylic acids is 2. The summed E-state index contributed by atoms with van der Waals surface area (Å²) in [6.07, 6.45) is 2.98. The molecule has 0 radical (unpaired) electrons. The second-order valence-corrected chi connectivity index (χ2v) is 6.89. The summed E-state index contributed by atoms with van der Waals surface area (Å²) in [4.78, 5) is 25.5. The lowest BCUT2D eigenvalue weighted by molar-refractivity contribution is -0.138. The molecule has 1 aliphatic heterocycles. The Morgan fingerprint density at radius 1 is 1.19 bits per heavy atom. The number of carbonyl (C=O) groups is 2. The van der Waals surface area contributed by atoms with Crippen LogP contribution in [-0.4, -0.2) is 30.5 Å². The number of allylic oxidation sites excluding steroid dienone is 1. The van der Waals surface area contributed by atoms with E-state index in [4.69, 9.17) is 39.5 Å². The number of nitriles is 1. The van der Waals surface area contributed by atoms with Crippen LogP contribution in [0.4, 0.5) is 5.69 Å². The number of anilines is 1. The van der Waals surface area contributed by atoms with E-state index in [1.165, 1.54) is 17.2 Å².